The van der Waals surface area contributed by atoms with Crippen LogP contribution < -0.4 is 0 Å². The number of benzene rings is 2. The van der Waals surface area contributed by atoms with Gasteiger partial charge in [-0.1, -0.05) is 55.1 Å². The summed E-state index contributed by atoms with van der Waals surface area (Å²) in [4.78, 5) is 0. The zero-order valence-corrected chi connectivity index (χ0v) is 11.9. The van der Waals surface area contributed by atoms with Gasteiger partial charge in [-0.2, -0.15) is 0 Å². The molecule has 0 spiro atoms. The maximum Gasteiger partial charge on any atom is 0.0434 e. The van der Waals surface area contributed by atoms with Gasteiger partial charge in [-0.15, -0.1) is 0 Å². The van der Waals surface area contributed by atoms with Gasteiger partial charge in [-0.25, -0.2) is 0 Å². The highest BCUT2D eigenvalue weighted by atomic mass is 127. The predicted octanol–water partition coefficient (Wildman–Crippen LogP) is 4.55. The van der Waals surface area contributed by atoms with Gasteiger partial charge in [0.05, 0.1) is 0 Å². The van der Waals surface area contributed by atoms with Crippen molar-refractivity contribution in [1.82, 2.24) is 0 Å². The molecule has 2 aromatic carbocycles. The van der Waals surface area contributed by atoms with E-state index in [2.05, 4.69) is 77.7 Å². The molecule has 0 saturated carbocycles. The molecule has 17 heavy (non-hydrogen) atoms. The number of rotatable bonds is 3. The molecule has 0 fully saturated rings. The van der Waals surface area contributed by atoms with Crippen molar-refractivity contribution in [1.29, 1.82) is 0 Å². The summed E-state index contributed by atoms with van der Waals surface area (Å²) >= 11 is 2.16. The van der Waals surface area contributed by atoms with Crippen molar-refractivity contribution < 1.29 is 5.11 Å². The third kappa shape index (κ3) is 5.84. The van der Waals surface area contributed by atoms with Gasteiger partial charge in [-0.3, -0.25) is 0 Å². The number of hydrogen-bond donors (Lipinski definition) is 1. The molecule has 0 aliphatic heterocycles. The Morgan fingerprint density at radius 2 is 1.41 bits per heavy atom. The molecule has 0 unspecified atom stereocenters. The summed E-state index contributed by atoms with van der Waals surface area (Å²) in [6.07, 6.45) is 1.79. The first-order chi connectivity index (χ1) is 8.24. The molecule has 0 atom stereocenters. The van der Waals surface area contributed by atoms with Crippen LogP contribution in [-0.2, 0) is 0 Å². The summed E-state index contributed by atoms with van der Waals surface area (Å²) in [6, 6.07) is 16.7. The Hall–Kier alpha value is -0.870. The normalized spacial score (nSPS) is 9.53. The monoisotopic (exact) mass is 340 g/mol. The minimum atomic E-state index is 0.280. The molecule has 2 heteroatoms. The summed E-state index contributed by atoms with van der Waals surface area (Å²) in [5.41, 5.74) is 0. The van der Waals surface area contributed by atoms with Crippen LogP contribution in [0.1, 0.15) is 12.8 Å². The summed E-state index contributed by atoms with van der Waals surface area (Å²) < 4.78 is 1.12. The summed E-state index contributed by atoms with van der Waals surface area (Å²) in [6.45, 7) is 3.95. The Morgan fingerprint density at radius 1 is 1.00 bits per heavy atom. The van der Waals surface area contributed by atoms with Gasteiger partial charge in [0.25, 0.3) is 0 Å². The Bertz CT molecular complexity index is 400. The first-order valence-electron chi connectivity index (χ1n) is 5.62. The lowest BCUT2D eigenvalue weighted by Gasteiger charge is -1.92. The van der Waals surface area contributed by atoms with Gasteiger partial charge in [0.15, 0.2) is 0 Å². The van der Waals surface area contributed by atoms with E-state index in [1.807, 2.05) is 0 Å². The third-order valence-electron chi connectivity index (χ3n) is 2.26. The van der Waals surface area contributed by atoms with Crippen LogP contribution >= 0.6 is 22.6 Å². The van der Waals surface area contributed by atoms with E-state index in [9.17, 15) is 0 Å². The summed E-state index contributed by atoms with van der Waals surface area (Å²) in [7, 11) is 0. The largest absolute Gasteiger partial charge is 0.396 e. The van der Waals surface area contributed by atoms with Crippen LogP contribution in [-0.4, -0.2) is 11.7 Å². The lowest BCUT2D eigenvalue weighted by atomic mass is 10.1. The first-order valence-corrected chi connectivity index (χ1v) is 6.70. The lowest BCUT2D eigenvalue weighted by molar-refractivity contribution is 0.289. The molecule has 0 aliphatic carbocycles. The van der Waals surface area contributed by atoms with Crippen LogP contribution in [0.25, 0.3) is 10.8 Å². The molecule has 90 valence electrons. The highest BCUT2D eigenvalue weighted by Gasteiger charge is 1.85. The number of aliphatic hydroxyl groups is 1. The van der Waals surface area contributed by atoms with Crippen molar-refractivity contribution in [3.63, 3.8) is 0 Å². The Labute approximate surface area is 116 Å². The average molecular weight is 340 g/mol. The summed E-state index contributed by atoms with van der Waals surface area (Å²) in [5, 5.41) is 10.9. The molecule has 0 amide bonds. The number of allylic oxidation sites excluding steroid dienone is 1. The van der Waals surface area contributed by atoms with Gasteiger partial charge < -0.3 is 5.11 Å². The number of aliphatic hydroxyl groups excluding tert-OH is 1. The quantitative estimate of drug-likeness (QED) is 0.813. The van der Waals surface area contributed by atoms with E-state index in [0.29, 0.717) is 0 Å². The fourth-order valence-corrected chi connectivity index (χ4v) is 1.79. The molecule has 0 aromatic heterocycles. The van der Waals surface area contributed by atoms with Crippen LogP contribution in [0, 0.1) is 0 Å². The molecule has 0 saturated heterocycles. The van der Waals surface area contributed by atoms with E-state index in [4.69, 9.17) is 5.11 Å². The summed E-state index contributed by atoms with van der Waals surface area (Å²) in [5.74, 6) is 0. The predicted molar refractivity (Wildman–Crippen MR) is 83.4 cm³/mol. The van der Waals surface area contributed by atoms with E-state index in [1.54, 1.807) is 0 Å². The lowest BCUT2D eigenvalue weighted by Crippen LogP contribution is -1.79. The third-order valence-corrected chi connectivity index (χ3v) is 2.80. The topological polar surface area (TPSA) is 20.2 Å². The smallest absolute Gasteiger partial charge is 0.0434 e. The van der Waals surface area contributed by atoms with Crippen LogP contribution in [0.4, 0.5) is 0 Å². The van der Waals surface area contributed by atoms with Crippen molar-refractivity contribution in [2.75, 3.05) is 6.61 Å². The van der Waals surface area contributed by atoms with Gasteiger partial charge >= 0.3 is 0 Å². The van der Waals surface area contributed by atoms with Crippen LogP contribution in [0.3, 0.4) is 0 Å². The van der Waals surface area contributed by atoms with Crippen molar-refractivity contribution in [3.05, 3.63) is 58.7 Å². The molecule has 0 heterocycles. The second-order valence-corrected chi connectivity index (χ2v) is 5.22. The molecule has 0 bridgehead atoms. The fraction of sp³-hybridized carbons (Fsp3) is 0.200. The molecular formula is C15H17IO. The van der Waals surface area contributed by atoms with E-state index in [1.165, 1.54) is 10.8 Å². The Kier molecular flexibility index (Phi) is 6.89. The van der Waals surface area contributed by atoms with Gasteiger partial charge in [0, 0.05) is 6.61 Å². The van der Waals surface area contributed by atoms with E-state index in [0.717, 1.165) is 16.4 Å². The van der Waals surface area contributed by atoms with Crippen LogP contribution in [0.2, 0.25) is 0 Å². The standard InChI is InChI=1S/C10H8.C5H9IO/c1-2-6-10-8-4-3-7-9(10)5-1;1-5(6)3-2-4-7/h1-8H;7H,1-4H2. The van der Waals surface area contributed by atoms with Crippen molar-refractivity contribution in [2.45, 2.75) is 12.8 Å². The Morgan fingerprint density at radius 3 is 1.65 bits per heavy atom. The maximum absolute atomic E-state index is 8.27. The second kappa shape index (κ2) is 8.25. The SMILES string of the molecule is C=C(I)CCCO.c1ccc2ccccc2c1. The average Bonchev–Trinajstić information content (AvgIpc) is 2.37. The van der Waals surface area contributed by atoms with Crippen molar-refractivity contribution in [2.24, 2.45) is 0 Å². The zero-order valence-electron chi connectivity index (χ0n) is 9.77. The Balaban J connectivity index is 0.000000185. The van der Waals surface area contributed by atoms with E-state index < -0.39 is 0 Å². The second-order valence-electron chi connectivity index (χ2n) is 3.69. The van der Waals surface area contributed by atoms with Gasteiger partial charge in [0.2, 0.25) is 0 Å². The first kappa shape index (κ1) is 14.2. The van der Waals surface area contributed by atoms with Crippen molar-refractivity contribution in [3.8, 4) is 0 Å². The van der Waals surface area contributed by atoms with E-state index >= 15 is 0 Å². The number of hydrogen-bond acceptors (Lipinski definition) is 1. The highest BCUT2D eigenvalue weighted by Crippen LogP contribution is 2.11. The molecule has 1 N–H and O–H groups in total. The van der Waals surface area contributed by atoms with Crippen LogP contribution in [0.5, 0.6) is 0 Å². The van der Waals surface area contributed by atoms with Gasteiger partial charge in [0.1, 0.15) is 0 Å². The minimum Gasteiger partial charge on any atom is -0.396 e. The highest BCUT2D eigenvalue weighted by molar-refractivity contribution is 14.1. The minimum absolute atomic E-state index is 0.280. The number of fused-ring (bicyclic) bond motifs is 1. The zero-order chi connectivity index (χ0) is 12.5. The molecule has 2 aromatic rings. The van der Waals surface area contributed by atoms with Crippen molar-refractivity contribution >= 4 is 33.4 Å². The molecule has 2 rings (SSSR count). The number of halogens is 1. The maximum atomic E-state index is 8.27. The van der Waals surface area contributed by atoms with E-state index in [-0.39, 0.29) is 6.61 Å². The molecule has 0 aliphatic rings. The van der Waals surface area contributed by atoms with Crippen LogP contribution in [0.15, 0.2) is 58.7 Å². The molecular weight excluding hydrogens is 323 g/mol. The van der Waals surface area contributed by atoms with Gasteiger partial charge in [-0.05, 0) is 49.8 Å². The molecule has 1 nitrogen and oxygen atoms in total. The molecule has 0 radical (unpaired) electrons. The fourth-order valence-electron chi connectivity index (χ4n) is 1.40.